The third-order valence-electron chi connectivity index (χ3n) is 2.38. The van der Waals surface area contributed by atoms with Crippen molar-refractivity contribution in [2.45, 2.75) is 13.3 Å². The van der Waals surface area contributed by atoms with Crippen molar-refractivity contribution in [1.82, 2.24) is 4.98 Å². The Balaban J connectivity index is 2.02. The number of carbonyl (C=O) groups excluding carboxylic acids is 1. The maximum atomic E-state index is 11.3. The van der Waals surface area contributed by atoms with Crippen LogP contribution in [0.15, 0.2) is 17.5 Å². The number of Topliss-reactive ketones (excluding diaryl/α,β-unsaturated/α-hetero) is 1. The standard InChI is InChI=1S/C12H12N2O3S2/c1-7(15)10-9(11(16)17)14-12(19-10)13-5-4-8-3-2-6-18-8/h2-3,6H,4-5H2,1H3,(H,13,14)(H,16,17). The Bertz CT molecular complexity index is 559. The molecule has 2 aromatic heterocycles. The fraction of sp³-hybridized carbons (Fsp3) is 0.250. The second-order valence-electron chi connectivity index (χ2n) is 3.81. The summed E-state index contributed by atoms with van der Waals surface area (Å²) in [5.74, 6) is -1.45. The average molecular weight is 296 g/mol. The molecule has 0 fully saturated rings. The molecule has 0 saturated heterocycles. The van der Waals surface area contributed by atoms with Gasteiger partial charge in [-0.25, -0.2) is 9.78 Å². The van der Waals surface area contributed by atoms with Gasteiger partial charge in [0.1, 0.15) is 4.88 Å². The van der Waals surface area contributed by atoms with E-state index < -0.39 is 5.97 Å². The molecule has 0 aliphatic rings. The van der Waals surface area contributed by atoms with Crippen LogP contribution in [0.5, 0.6) is 0 Å². The van der Waals surface area contributed by atoms with Crippen LogP contribution in [0.4, 0.5) is 5.13 Å². The molecule has 19 heavy (non-hydrogen) atoms. The molecule has 0 aromatic carbocycles. The van der Waals surface area contributed by atoms with Gasteiger partial charge in [-0.05, 0) is 17.9 Å². The zero-order valence-electron chi connectivity index (χ0n) is 10.2. The molecule has 0 aliphatic carbocycles. The van der Waals surface area contributed by atoms with Crippen molar-refractivity contribution in [3.8, 4) is 0 Å². The summed E-state index contributed by atoms with van der Waals surface area (Å²) in [6, 6.07) is 4.03. The number of carbonyl (C=O) groups is 2. The number of anilines is 1. The van der Waals surface area contributed by atoms with Gasteiger partial charge in [0.05, 0.1) is 0 Å². The zero-order chi connectivity index (χ0) is 13.8. The molecule has 100 valence electrons. The minimum Gasteiger partial charge on any atom is -0.476 e. The molecule has 0 amide bonds. The topological polar surface area (TPSA) is 79.3 Å². The number of rotatable bonds is 6. The summed E-state index contributed by atoms with van der Waals surface area (Å²) in [5, 5.41) is 14.5. The van der Waals surface area contributed by atoms with E-state index in [9.17, 15) is 9.59 Å². The molecular weight excluding hydrogens is 284 g/mol. The molecule has 0 aliphatic heterocycles. The van der Waals surface area contributed by atoms with E-state index in [0.717, 1.165) is 17.8 Å². The van der Waals surface area contributed by atoms with Crippen LogP contribution in [0, 0.1) is 0 Å². The Morgan fingerprint density at radius 3 is 2.79 bits per heavy atom. The summed E-state index contributed by atoms with van der Waals surface area (Å²) < 4.78 is 0. The highest BCUT2D eigenvalue weighted by molar-refractivity contribution is 7.17. The van der Waals surface area contributed by atoms with Gasteiger partial charge in [-0.15, -0.1) is 11.3 Å². The first-order valence-electron chi connectivity index (χ1n) is 5.59. The maximum Gasteiger partial charge on any atom is 0.356 e. The number of carboxylic acid groups (broad SMARTS) is 1. The number of nitrogens with zero attached hydrogens (tertiary/aromatic N) is 1. The molecular formula is C12H12N2O3S2. The quantitative estimate of drug-likeness (QED) is 0.801. The van der Waals surface area contributed by atoms with Crippen molar-refractivity contribution in [2.75, 3.05) is 11.9 Å². The third-order valence-corrected chi connectivity index (χ3v) is 4.43. The predicted molar refractivity (Wildman–Crippen MR) is 75.6 cm³/mol. The lowest BCUT2D eigenvalue weighted by atomic mass is 10.3. The first-order chi connectivity index (χ1) is 9.08. The second-order valence-corrected chi connectivity index (χ2v) is 5.85. The Kier molecular flexibility index (Phi) is 4.28. The van der Waals surface area contributed by atoms with Gasteiger partial charge >= 0.3 is 5.97 Å². The fourth-order valence-electron chi connectivity index (χ4n) is 1.53. The Labute approximate surface area is 117 Å². The number of hydrogen-bond acceptors (Lipinski definition) is 6. The number of nitrogens with one attached hydrogen (secondary N) is 1. The fourth-order valence-corrected chi connectivity index (χ4v) is 3.11. The second kappa shape index (κ2) is 5.94. The number of aromatic carboxylic acids is 1. The molecule has 2 aromatic rings. The van der Waals surface area contributed by atoms with E-state index in [-0.39, 0.29) is 16.4 Å². The summed E-state index contributed by atoms with van der Waals surface area (Å²) in [4.78, 5) is 27.7. The van der Waals surface area contributed by atoms with Gasteiger partial charge in [-0.2, -0.15) is 0 Å². The molecule has 2 heterocycles. The molecule has 0 bridgehead atoms. The first kappa shape index (κ1) is 13.7. The van der Waals surface area contributed by atoms with Crippen molar-refractivity contribution in [3.05, 3.63) is 33.0 Å². The Morgan fingerprint density at radius 1 is 1.47 bits per heavy atom. The van der Waals surface area contributed by atoms with Crippen LogP contribution in [-0.4, -0.2) is 28.4 Å². The highest BCUT2D eigenvalue weighted by Crippen LogP contribution is 2.23. The lowest BCUT2D eigenvalue weighted by molar-refractivity contribution is 0.0687. The molecule has 0 atom stereocenters. The van der Waals surface area contributed by atoms with E-state index in [0.29, 0.717) is 11.7 Å². The average Bonchev–Trinajstić information content (AvgIpc) is 2.97. The van der Waals surface area contributed by atoms with E-state index in [1.807, 2.05) is 17.5 Å². The summed E-state index contributed by atoms with van der Waals surface area (Å²) >= 11 is 2.75. The number of thiophene rings is 1. The molecule has 0 radical (unpaired) electrons. The van der Waals surface area contributed by atoms with Crippen LogP contribution in [0.1, 0.15) is 32.0 Å². The van der Waals surface area contributed by atoms with Crippen molar-refractivity contribution in [3.63, 3.8) is 0 Å². The van der Waals surface area contributed by atoms with Gasteiger partial charge in [-0.1, -0.05) is 17.4 Å². The van der Waals surface area contributed by atoms with Gasteiger partial charge in [0.25, 0.3) is 0 Å². The van der Waals surface area contributed by atoms with Crippen LogP contribution < -0.4 is 5.32 Å². The molecule has 5 nitrogen and oxygen atoms in total. The van der Waals surface area contributed by atoms with Crippen LogP contribution in [0.3, 0.4) is 0 Å². The summed E-state index contributed by atoms with van der Waals surface area (Å²) in [6.45, 7) is 2.00. The van der Waals surface area contributed by atoms with Crippen LogP contribution in [-0.2, 0) is 6.42 Å². The van der Waals surface area contributed by atoms with Crippen molar-refractivity contribution in [2.24, 2.45) is 0 Å². The third kappa shape index (κ3) is 3.39. The van der Waals surface area contributed by atoms with Crippen molar-refractivity contribution < 1.29 is 14.7 Å². The monoisotopic (exact) mass is 296 g/mol. The summed E-state index contributed by atoms with van der Waals surface area (Å²) in [5.41, 5.74) is -0.170. The number of hydrogen-bond donors (Lipinski definition) is 2. The molecule has 0 unspecified atom stereocenters. The van der Waals surface area contributed by atoms with Gasteiger partial charge in [0.15, 0.2) is 16.6 Å². The number of carboxylic acids is 1. The van der Waals surface area contributed by atoms with Gasteiger partial charge < -0.3 is 10.4 Å². The highest BCUT2D eigenvalue weighted by Gasteiger charge is 2.20. The highest BCUT2D eigenvalue weighted by atomic mass is 32.1. The molecule has 7 heteroatoms. The Hall–Kier alpha value is -1.73. The largest absolute Gasteiger partial charge is 0.476 e. The molecule has 0 saturated carbocycles. The number of aromatic nitrogens is 1. The summed E-state index contributed by atoms with van der Waals surface area (Å²) in [7, 11) is 0. The summed E-state index contributed by atoms with van der Waals surface area (Å²) in [6.07, 6.45) is 0.842. The smallest absolute Gasteiger partial charge is 0.356 e. The van der Waals surface area contributed by atoms with Gasteiger partial charge in [0, 0.05) is 18.3 Å². The van der Waals surface area contributed by atoms with Crippen LogP contribution >= 0.6 is 22.7 Å². The van der Waals surface area contributed by atoms with Crippen molar-refractivity contribution >= 4 is 39.6 Å². The van der Waals surface area contributed by atoms with E-state index in [2.05, 4.69) is 10.3 Å². The minimum atomic E-state index is -1.17. The minimum absolute atomic E-state index is 0.170. The van der Waals surface area contributed by atoms with E-state index in [1.54, 1.807) is 11.3 Å². The lowest BCUT2D eigenvalue weighted by Crippen LogP contribution is -2.05. The lowest BCUT2D eigenvalue weighted by Gasteiger charge is -1.99. The van der Waals surface area contributed by atoms with E-state index in [4.69, 9.17) is 5.11 Å². The van der Waals surface area contributed by atoms with Gasteiger partial charge in [0.2, 0.25) is 0 Å². The van der Waals surface area contributed by atoms with E-state index >= 15 is 0 Å². The normalized spacial score (nSPS) is 10.4. The van der Waals surface area contributed by atoms with E-state index in [1.165, 1.54) is 11.8 Å². The van der Waals surface area contributed by atoms with Crippen molar-refractivity contribution in [1.29, 1.82) is 0 Å². The van der Waals surface area contributed by atoms with Gasteiger partial charge in [-0.3, -0.25) is 4.79 Å². The molecule has 2 N–H and O–H groups in total. The number of thiazole rings is 1. The predicted octanol–water partition coefficient (Wildman–Crippen LogP) is 2.76. The van der Waals surface area contributed by atoms with Crippen LogP contribution in [0.25, 0.3) is 0 Å². The zero-order valence-corrected chi connectivity index (χ0v) is 11.8. The Morgan fingerprint density at radius 2 is 2.26 bits per heavy atom. The molecule has 2 rings (SSSR count). The maximum absolute atomic E-state index is 11.3. The van der Waals surface area contributed by atoms with Crippen LogP contribution in [0.2, 0.25) is 0 Å². The SMILES string of the molecule is CC(=O)c1sc(NCCc2cccs2)nc1C(=O)O. The number of ketones is 1. The molecule has 0 spiro atoms. The first-order valence-corrected chi connectivity index (χ1v) is 7.29.